The maximum Gasteiger partial charge on any atom is 0.340 e. The molecule has 0 spiro atoms. The Balaban J connectivity index is 1.44. The van der Waals surface area contributed by atoms with Gasteiger partial charge in [-0.2, -0.15) is 0 Å². The first-order valence-electron chi connectivity index (χ1n) is 10.8. The van der Waals surface area contributed by atoms with E-state index in [-0.39, 0.29) is 5.97 Å². The lowest BCUT2D eigenvalue weighted by atomic mass is 10.1. The summed E-state index contributed by atoms with van der Waals surface area (Å²) in [6.45, 7) is 3.87. The van der Waals surface area contributed by atoms with Crippen LogP contribution in [0.15, 0.2) is 53.9 Å². The van der Waals surface area contributed by atoms with E-state index in [2.05, 4.69) is 10.2 Å². The van der Waals surface area contributed by atoms with Crippen LogP contribution in [-0.4, -0.2) is 46.5 Å². The number of anilines is 2. The average molecular weight is 469 g/mol. The number of ether oxygens (including phenoxy) is 4. The molecule has 0 atom stereocenters. The Bertz CT molecular complexity index is 1060. The van der Waals surface area contributed by atoms with Crippen LogP contribution in [0.3, 0.4) is 0 Å². The second-order valence-corrected chi connectivity index (χ2v) is 8.56. The van der Waals surface area contributed by atoms with Gasteiger partial charge in [-0.05, 0) is 47.3 Å². The molecule has 174 valence electrons. The first-order valence-corrected chi connectivity index (χ1v) is 11.7. The number of nitrogens with zero attached hydrogens (tertiary/aromatic N) is 1. The first-order chi connectivity index (χ1) is 16.2. The quantitative estimate of drug-likeness (QED) is 0.461. The van der Waals surface area contributed by atoms with Gasteiger partial charge in [-0.15, -0.1) is 11.3 Å². The Labute approximate surface area is 197 Å². The van der Waals surface area contributed by atoms with E-state index in [1.807, 2.05) is 53.9 Å². The van der Waals surface area contributed by atoms with Crippen LogP contribution in [0.4, 0.5) is 11.4 Å². The third-order valence-electron chi connectivity index (χ3n) is 5.43. The maximum atomic E-state index is 12.4. The Morgan fingerprint density at radius 1 is 1.09 bits per heavy atom. The molecular weight excluding hydrogens is 440 g/mol. The van der Waals surface area contributed by atoms with Crippen molar-refractivity contribution in [3.8, 4) is 11.5 Å². The lowest BCUT2D eigenvalue weighted by Crippen LogP contribution is -2.37. The minimum Gasteiger partial charge on any atom is -0.493 e. The molecule has 2 aromatic carbocycles. The lowest BCUT2D eigenvalue weighted by molar-refractivity contribution is 0.0600. The summed E-state index contributed by atoms with van der Waals surface area (Å²) in [6, 6.07) is 15.7. The lowest BCUT2D eigenvalue weighted by Gasteiger charge is -2.30. The van der Waals surface area contributed by atoms with Crippen LogP contribution in [0.5, 0.6) is 11.5 Å². The minimum absolute atomic E-state index is 0.353. The summed E-state index contributed by atoms with van der Waals surface area (Å²) < 4.78 is 21.9. The highest BCUT2D eigenvalue weighted by molar-refractivity contribution is 7.09. The molecule has 8 heteroatoms. The predicted molar refractivity (Wildman–Crippen MR) is 130 cm³/mol. The van der Waals surface area contributed by atoms with Gasteiger partial charge in [0.05, 0.1) is 38.7 Å². The zero-order chi connectivity index (χ0) is 23.0. The number of thiophene rings is 1. The van der Waals surface area contributed by atoms with Crippen LogP contribution in [-0.2, 0) is 22.6 Å². The standard InChI is InChI=1S/C25H28N2O5S/c1-29-24-14-18(5-8-23(24)32-17-20-4-3-13-33-20)16-26-19-6-7-22(21(15-19)25(28)30-2)27-9-11-31-12-10-27/h3-8,13-15,26H,9-12,16-17H2,1-2H3. The van der Waals surface area contributed by atoms with Crippen LogP contribution in [0.1, 0.15) is 20.8 Å². The molecule has 3 aromatic rings. The number of carbonyl (C=O) groups excluding carboxylic acids is 1. The van der Waals surface area contributed by atoms with Crippen molar-refractivity contribution < 1.29 is 23.7 Å². The van der Waals surface area contributed by atoms with Crippen molar-refractivity contribution in [1.82, 2.24) is 0 Å². The van der Waals surface area contributed by atoms with Gasteiger partial charge in [-0.25, -0.2) is 4.79 Å². The van der Waals surface area contributed by atoms with Gasteiger partial charge in [0.1, 0.15) is 6.61 Å². The highest BCUT2D eigenvalue weighted by Crippen LogP contribution is 2.30. The summed E-state index contributed by atoms with van der Waals surface area (Å²) in [5.74, 6) is 1.04. The molecule has 33 heavy (non-hydrogen) atoms. The summed E-state index contributed by atoms with van der Waals surface area (Å²) in [6.07, 6.45) is 0. The van der Waals surface area contributed by atoms with E-state index in [1.165, 1.54) is 7.11 Å². The molecule has 1 fully saturated rings. The molecule has 1 saturated heterocycles. The number of nitrogens with one attached hydrogen (secondary N) is 1. The fourth-order valence-corrected chi connectivity index (χ4v) is 4.30. The van der Waals surface area contributed by atoms with Crippen LogP contribution in [0, 0.1) is 0 Å². The highest BCUT2D eigenvalue weighted by atomic mass is 32.1. The summed E-state index contributed by atoms with van der Waals surface area (Å²) in [5, 5.41) is 5.42. The van der Waals surface area contributed by atoms with Crippen molar-refractivity contribution in [2.75, 3.05) is 50.7 Å². The van der Waals surface area contributed by atoms with E-state index in [0.717, 1.165) is 34.9 Å². The number of esters is 1. The number of rotatable bonds is 9. The van der Waals surface area contributed by atoms with Gasteiger partial charge in [0.25, 0.3) is 0 Å². The van der Waals surface area contributed by atoms with E-state index in [0.29, 0.717) is 43.4 Å². The minimum atomic E-state index is -0.353. The summed E-state index contributed by atoms with van der Waals surface area (Å²) in [7, 11) is 3.04. The number of hydrogen-bond donors (Lipinski definition) is 1. The van der Waals surface area contributed by atoms with E-state index < -0.39 is 0 Å². The normalized spacial score (nSPS) is 13.5. The molecule has 2 heterocycles. The number of morpholine rings is 1. The monoisotopic (exact) mass is 468 g/mol. The van der Waals surface area contributed by atoms with E-state index in [1.54, 1.807) is 18.4 Å². The zero-order valence-corrected chi connectivity index (χ0v) is 19.7. The topological polar surface area (TPSA) is 69.3 Å². The highest BCUT2D eigenvalue weighted by Gasteiger charge is 2.20. The molecule has 0 aliphatic carbocycles. The summed E-state index contributed by atoms with van der Waals surface area (Å²) >= 11 is 1.66. The first kappa shape index (κ1) is 22.9. The van der Waals surface area contributed by atoms with Crippen molar-refractivity contribution in [3.05, 3.63) is 69.9 Å². The van der Waals surface area contributed by atoms with Crippen molar-refractivity contribution in [2.45, 2.75) is 13.2 Å². The number of carbonyl (C=O) groups is 1. The molecule has 1 aliphatic rings. The van der Waals surface area contributed by atoms with Gasteiger partial charge in [0.2, 0.25) is 0 Å². The molecule has 7 nitrogen and oxygen atoms in total. The Hall–Kier alpha value is -3.23. The van der Waals surface area contributed by atoms with Crippen LogP contribution >= 0.6 is 11.3 Å². The molecule has 4 rings (SSSR count). The molecule has 0 unspecified atom stereocenters. The van der Waals surface area contributed by atoms with Crippen molar-refractivity contribution in [1.29, 1.82) is 0 Å². The molecule has 0 bridgehead atoms. The van der Waals surface area contributed by atoms with Gasteiger partial charge in [-0.3, -0.25) is 0 Å². The van der Waals surface area contributed by atoms with Gasteiger partial charge < -0.3 is 29.2 Å². The third-order valence-corrected chi connectivity index (χ3v) is 6.28. The molecular formula is C25H28N2O5S. The van der Waals surface area contributed by atoms with Crippen molar-refractivity contribution >= 4 is 28.7 Å². The second kappa shape index (κ2) is 11.1. The Morgan fingerprint density at radius 3 is 2.67 bits per heavy atom. The van der Waals surface area contributed by atoms with Crippen LogP contribution in [0.25, 0.3) is 0 Å². The number of methoxy groups -OCH3 is 2. The smallest absolute Gasteiger partial charge is 0.340 e. The molecule has 1 N–H and O–H groups in total. The second-order valence-electron chi connectivity index (χ2n) is 7.53. The molecule has 0 radical (unpaired) electrons. The average Bonchev–Trinajstić information content (AvgIpc) is 3.40. The van der Waals surface area contributed by atoms with Crippen molar-refractivity contribution in [3.63, 3.8) is 0 Å². The largest absolute Gasteiger partial charge is 0.493 e. The zero-order valence-electron chi connectivity index (χ0n) is 18.8. The fourth-order valence-electron chi connectivity index (χ4n) is 3.69. The van der Waals surface area contributed by atoms with Gasteiger partial charge in [-0.1, -0.05) is 12.1 Å². The molecule has 0 amide bonds. The number of benzene rings is 2. The van der Waals surface area contributed by atoms with Gasteiger partial charge >= 0.3 is 5.97 Å². The third kappa shape index (κ3) is 5.77. The fraction of sp³-hybridized carbons (Fsp3) is 0.320. The Morgan fingerprint density at radius 2 is 1.94 bits per heavy atom. The van der Waals surface area contributed by atoms with Crippen LogP contribution < -0.4 is 19.7 Å². The van der Waals surface area contributed by atoms with Crippen LogP contribution in [0.2, 0.25) is 0 Å². The summed E-state index contributed by atoms with van der Waals surface area (Å²) in [5.41, 5.74) is 3.28. The predicted octanol–water partition coefficient (Wildman–Crippen LogP) is 4.57. The molecule has 1 aromatic heterocycles. The number of hydrogen-bond acceptors (Lipinski definition) is 8. The van der Waals surface area contributed by atoms with E-state index in [4.69, 9.17) is 18.9 Å². The Kier molecular flexibility index (Phi) is 7.70. The van der Waals surface area contributed by atoms with Crippen molar-refractivity contribution in [2.24, 2.45) is 0 Å². The SMILES string of the molecule is COC(=O)c1cc(NCc2ccc(OCc3cccs3)c(OC)c2)ccc1N1CCOCC1. The summed E-state index contributed by atoms with van der Waals surface area (Å²) in [4.78, 5) is 15.7. The maximum absolute atomic E-state index is 12.4. The molecule has 0 saturated carbocycles. The van der Waals surface area contributed by atoms with E-state index >= 15 is 0 Å². The van der Waals surface area contributed by atoms with Gasteiger partial charge in [0.15, 0.2) is 11.5 Å². The molecule has 1 aliphatic heterocycles. The van der Waals surface area contributed by atoms with Gasteiger partial charge in [0, 0.05) is 30.2 Å². The van der Waals surface area contributed by atoms with E-state index in [9.17, 15) is 4.79 Å².